The van der Waals surface area contributed by atoms with Crippen molar-refractivity contribution in [1.82, 2.24) is 4.90 Å². The van der Waals surface area contributed by atoms with Crippen LogP contribution in [0.5, 0.6) is 0 Å². The monoisotopic (exact) mass is 179 g/mol. The molecule has 1 saturated heterocycles. The Kier molecular flexibility index (Phi) is 4.53. The van der Waals surface area contributed by atoms with Crippen LogP contribution in [0, 0.1) is 5.41 Å². The van der Waals surface area contributed by atoms with E-state index in [1.165, 1.54) is 12.8 Å². The van der Waals surface area contributed by atoms with Gasteiger partial charge in [0, 0.05) is 12.1 Å². The molecule has 1 heterocycles. The van der Waals surface area contributed by atoms with Crippen molar-refractivity contribution in [2.75, 3.05) is 13.3 Å². The maximum atomic E-state index is 9.18. The Morgan fingerprint density at radius 1 is 1.23 bits per heavy atom. The molecule has 2 nitrogen and oxygen atoms in total. The summed E-state index contributed by atoms with van der Waals surface area (Å²) in [5, 5.41) is 9.18. The summed E-state index contributed by atoms with van der Waals surface area (Å²) in [7, 11) is 0. The SMILES string of the molecule is CC1(C)CCCN(CO)C1(C)C.[LiH]. The zero-order chi connectivity index (χ0) is 9.41. The first-order valence-electron chi connectivity index (χ1n) is 4.78. The van der Waals surface area contributed by atoms with Crippen molar-refractivity contribution < 1.29 is 5.11 Å². The van der Waals surface area contributed by atoms with Crippen LogP contribution in [0.2, 0.25) is 0 Å². The number of hydrogen-bond acceptors (Lipinski definition) is 2. The number of piperidine rings is 1. The number of aliphatic hydroxyl groups excluding tert-OH is 1. The molecule has 1 fully saturated rings. The number of rotatable bonds is 1. The molecule has 0 unspecified atom stereocenters. The van der Waals surface area contributed by atoms with Crippen molar-refractivity contribution in [2.45, 2.75) is 46.1 Å². The Morgan fingerprint density at radius 3 is 2.15 bits per heavy atom. The summed E-state index contributed by atoms with van der Waals surface area (Å²) in [6.45, 7) is 10.2. The molecular formula is C10H22LiNO. The molecule has 1 aliphatic rings. The molecule has 0 aliphatic carbocycles. The Labute approximate surface area is 93.9 Å². The quantitative estimate of drug-likeness (QED) is 0.611. The average molecular weight is 179 g/mol. The molecule has 1 N–H and O–H groups in total. The van der Waals surface area contributed by atoms with Crippen LogP contribution in [0.1, 0.15) is 40.5 Å². The second-order valence-corrected chi connectivity index (χ2v) is 4.95. The van der Waals surface area contributed by atoms with Crippen LogP contribution in [-0.4, -0.2) is 47.7 Å². The minimum atomic E-state index is 0. The number of likely N-dealkylation sites (tertiary alicyclic amines) is 1. The van der Waals surface area contributed by atoms with Gasteiger partial charge in [0.2, 0.25) is 0 Å². The molecule has 74 valence electrons. The molecule has 1 aliphatic heterocycles. The molecule has 0 atom stereocenters. The fraction of sp³-hybridized carbons (Fsp3) is 1.00. The van der Waals surface area contributed by atoms with Gasteiger partial charge in [-0.05, 0) is 32.1 Å². The first-order chi connectivity index (χ1) is 5.42. The standard InChI is InChI=1S/C10H21NO.Li.H/c1-9(2)6-5-7-11(8-12)10(9,3)4;;/h12H,5-8H2,1-4H3;;. The Bertz CT molecular complexity index is 168. The van der Waals surface area contributed by atoms with Crippen LogP contribution >= 0.6 is 0 Å². The number of hydrogen-bond donors (Lipinski definition) is 1. The molecule has 0 amide bonds. The summed E-state index contributed by atoms with van der Waals surface area (Å²) in [5.74, 6) is 0. The fourth-order valence-corrected chi connectivity index (χ4v) is 1.97. The van der Waals surface area contributed by atoms with Gasteiger partial charge in [-0.3, -0.25) is 4.90 Å². The third kappa shape index (κ3) is 2.30. The van der Waals surface area contributed by atoms with E-state index in [9.17, 15) is 5.11 Å². The molecule has 13 heavy (non-hydrogen) atoms. The van der Waals surface area contributed by atoms with Gasteiger partial charge < -0.3 is 5.11 Å². The van der Waals surface area contributed by atoms with Gasteiger partial charge in [0.1, 0.15) is 0 Å². The minimum absolute atomic E-state index is 0. The van der Waals surface area contributed by atoms with Gasteiger partial charge in [-0.2, -0.15) is 0 Å². The van der Waals surface area contributed by atoms with E-state index < -0.39 is 0 Å². The first-order valence-corrected chi connectivity index (χ1v) is 4.78. The van der Waals surface area contributed by atoms with Crippen LogP contribution in [0.25, 0.3) is 0 Å². The van der Waals surface area contributed by atoms with Crippen LogP contribution < -0.4 is 0 Å². The normalized spacial score (nSPS) is 26.5. The van der Waals surface area contributed by atoms with Crippen LogP contribution in [0.15, 0.2) is 0 Å². The molecule has 0 saturated carbocycles. The Balaban J connectivity index is 0.00000144. The molecule has 3 heteroatoms. The van der Waals surface area contributed by atoms with Crippen molar-refractivity contribution in [1.29, 1.82) is 0 Å². The van der Waals surface area contributed by atoms with Gasteiger partial charge in [-0.1, -0.05) is 13.8 Å². The van der Waals surface area contributed by atoms with E-state index in [2.05, 4.69) is 32.6 Å². The van der Waals surface area contributed by atoms with Crippen LogP contribution in [-0.2, 0) is 0 Å². The van der Waals surface area contributed by atoms with Crippen molar-refractivity contribution in [2.24, 2.45) is 5.41 Å². The van der Waals surface area contributed by atoms with Crippen molar-refractivity contribution in [3.63, 3.8) is 0 Å². The van der Waals surface area contributed by atoms with Gasteiger partial charge in [0.15, 0.2) is 0 Å². The molecule has 0 bridgehead atoms. The van der Waals surface area contributed by atoms with Crippen molar-refractivity contribution in [3.05, 3.63) is 0 Å². The molecule has 0 aromatic rings. The maximum absolute atomic E-state index is 9.18. The zero-order valence-corrected chi connectivity index (χ0v) is 8.72. The Morgan fingerprint density at radius 2 is 1.77 bits per heavy atom. The topological polar surface area (TPSA) is 23.5 Å². The molecule has 0 aromatic heterocycles. The predicted octanol–water partition coefficient (Wildman–Crippen LogP) is 1.19. The average Bonchev–Trinajstić information content (AvgIpc) is 1.95. The zero-order valence-electron chi connectivity index (χ0n) is 8.72. The second-order valence-electron chi connectivity index (χ2n) is 4.95. The van der Waals surface area contributed by atoms with Crippen LogP contribution in [0.3, 0.4) is 0 Å². The summed E-state index contributed by atoms with van der Waals surface area (Å²) < 4.78 is 0. The third-order valence-electron chi connectivity index (χ3n) is 3.85. The summed E-state index contributed by atoms with van der Waals surface area (Å²) in [4.78, 5) is 2.16. The molecule has 1 rings (SSSR count). The van der Waals surface area contributed by atoms with E-state index in [1.54, 1.807) is 0 Å². The van der Waals surface area contributed by atoms with E-state index in [4.69, 9.17) is 0 Å². The van der Waals surface area contributed by atoms with E-state index in [1.807, 2.05) is 0 Å². The summed E-state index contributed by atoms with van der Waals surface area (Å²) >= 11 is 0. The van der Waals surface area contributed by atoms with Crippen molar-refractivity contribution >= 4 is 18.9 Å². The van der Waals surface area contributed by atoms with E-state index in [-0.39, 0.29) is 31.1 Å². The Hall–Kier alpha value is 0.517. The fourth-order valence-electron chi connectivity index (χ4n) is 1.97. The van der Waals surface area contributed by atoms with E-state index in [0.29, 0.717) is 5.41 Å². The van der Waals surface area contributed by atoms with Crippen LogP contribution in [0.4, 0.5) is 0 Å². The summed E-state index contributed by atoms with van der Waals surface area (Å²) in [5.41, 5.74) is 0.438. The molecule has 0 spiro atoms. The van der Waals surface area contributed by atoms with Gasteiger partial charge >= 0.3 is 18.9 Å². The van der Waals surface area contributed by atoms with E-state index in [0.717, 1.165) is 6.54 Å². The first kappa shape index (κ1) is 13.5. The third-order valence-corrected chi connectivity index (χ3v) is 3.85. The molecule has 0 aromatic carbocycles. The predicted molar refractivity (Wildman–Crippen MR) is 58.0 cm³/mol. The van der Waals surface area contributed by atoms with Gasteiger partial charge in [0.25, 0.3) is 0 Å². The number of aliphatic hydroxyl groups is 1. The molecule has 0 radical (unpaired) electrons. The summed E-state index contributed by atoms with van der Waals surface area (Å²) in [6.07, 6.45) is 2.47. The van der Waals surface area contributed by atoms with Gasteiger partial charge in [0.05, 0.1) is 6.73 Å². The van der Waals surface area contributed by atoms with Crippen molar-refractivity contribution in [3.8, 4) is 0 Å². The second kappa shape index (κ2) is 4.36. The summed E-state index contributed by atoms with van der Waals surface area (Å²) in [6, 6.07) is 0. The van der Waals surface area contributed by atoms with Gasteiger partial charge in [-0.15, -0.1) is 0 Å². The molecular weight excluding hydrogens is 157 g/mol. The van der Waals surface area contributed by atoms with E-state index >= 15 is 0 Å². The number of nitrogens with zero attached hydrogens (tertiary/aromatic N) is 1. The van der Waals surface area contributed by atoms with Gasteiger partial charge in [-0.25, -0.2) is 0 Å².